The molecule has 0 unspecified atom stereocenters. The van der Waals surface area contributed by atoms with Crippen LogP contribution in [0, 0.1) is 10.1 Å². The van der Waals surface area contributed by atoms with Gasteiger partial charge < -0.3 is 9.47 Å². The van der Waals surface area contributed by atoms with Crippen LogP contribution in [0.3, 0.4) is 0 Å². The number of rotatable bonds is 6. The third kappa shape index (κ3) is 4.69. The zero-order valence-corrected chi connectivity index (χ0v) is 17.7. The number of carbonyl (C=O) groups is 1. The normalized spacial score (nSPS) is 10.8. The molecule has 29 heavy (non-hydrogen) atoms. The van der Waals surface area contributed by atoms with Crippen molar-refractivity contribution in [1.82, 2.24) is 19.7 Å². The maximum atomic E-state index is 12.8. The number of aryl methyl sites for hydroxylation is 1. The van der Waals surface area contributed by atoms with Crippen molar-refractivity contribution >= 4 is 46.6 Å². The van der Waals surface area contributed by atoms with Crippen LogP contribution in [0.25, 0.3) is 0 Å². The van der Waals surface area contributed by atoms with Crippen LogP contribution in [0.4, 0.5) is 5.69 Å². The summed E-state index contributed by atoms with van der Waals surface area (Å²) in [6.45, 7) is 0.210. The number of nitrogens with zero attached hydrogens (tertiary/aromatic N) is 5. The Bertz CT molecular complexity index is 1090. The fourth-order valence-corrected chi connectivity index (χ4v) is 3.79. The monoisotopic (exact) mass is 451 g/mol. The van der Waals surface area contributed by atoms with Crippen molar-refractivity contribution in [3.8, 4) is 0 Å². The van der Waals surface area contributed by atoms with E-state index in [2.05, 4.69) is 10.2 Å². The van der Waals surface area contributed by atoms with Crippen LogP contribution in [0.5, 0.6) is 0 Å². The van der Waals surface area contributed by atoms with E-state index in [-0.39, 0.29) is 23.7 Å². The summed E-state index contributed by atoms with van der Waals surface area (Å²) < 4.78 is 1.65. The van der Waals surface area contributed by atoms with Gasteiger partial charge in [-0.15, -0.1) is 10.2 Å². The van der Waals surface area contributed by atoms with E-state index in [0.717, 1.165) is 11.8 Å². The predicted molar refractivity (Wildman–Crippen MR) is 110 cm³/mol. The second kappa shape index (κ2) is 8.81. The Hall–Kier alpha value is -2.62. The van der Waals surface area contributed by atoms with Gasteiger partial charge in [0.2, 0.25) is 0 Å². The molecule has 0 fully saturated rings. The molecule has 1 heterocycles. The van der Waals surface area contributed by atoms with Crippen molar-refractivity contribution in [3.63, 3.8) is 0 Å². The lowest BCUT2D eigenvalue weighted by Gasteiger charge is -2.18. The largest absolute Gasteiger partial charge is 0.337 e. The van der Waals surface area contributed by atoms with Gasteiger partial charge in [0.25, 0.3) is 11.6 Å². The number of aromatic nitrogens is 3. The molecule has 0 atom stereocenters. The van der Waals surface area contributed by atoms with Gasteiger partial charge in [-0.1, -0.05) is 35.3 Å². The molecule has 1 aromatic heterocycles. The SMILES string of the molecule is CN(Cc1cccc(Cl)c1Cl)C(=O)c1ccc(Sc2nncn2C)c([N+](=O)[O-])c1. The Morgan fingerprint density at radius 2 is 2.07 bits per heavy atom. The topological polar surface area (TPSA) is 94.2 Å². The van der Waals surface area contributed by atoms with Gasteiger partial charge in [0.1, 0.15) is 6.33 Å². The molecule has 1 amide bonds. The van der Waals surface area contributed by atoms with E-state index in [0.29, 0.717) is 25.7 Å². The predicted octanol–water partition coefficient (Wildman–Crippen LogP) is 4.45. The number of benzene rings is 2. The van der Waals surface area contributed by atoms with Crippen molar-refractivity contribution in [2.45, 2.75) is 16.6 Å². The first-order valence-electron chi connectivity index (χ1n) is 8.26. The lowest BCUT2D eigenvalue weighted by Crippen LogP contribution is -2.26. The molecular formula is C18H15Cl2N5O3S. The average Bonchev–Trinajstić information content (AvgIpc) is 3.09. The highest BCUT2D eigenvalue weighted by atomic mass is 35.5. The van der Waals surface area contributed by atoms with Crippen molar-refractivity contribution in [3.05, 3.63) is 74.0 Å². The minimum atomic E-state index is -0.524. The van der Waals surface area contributed by atoms with Crippen LogP contribution in [0.1, 0.15) is 15.9 Å². The van der Waals surface area contributed by atoms with E-state index in [4.69, 9.17) is 23.2 Å². The Balaban J connectivity index is 1.85. The molecule has 0 aliphatic heterocycles. The molecule has 150 valence electrons. The molecule has 0 N–H and O–H groups in total. The lowest BCUT2D eigenvalue weighted by atomic mass is 10.1. The molecular weight excluding hydrogens is 437 g/mol. The summed E-state index contributed by atoms with van der Waals surface area (Å²) in [5.74, 6) is -0.376. The smallest absolute Gasteiger partial charge is 0.284 e. The standard InChI is InChI=1S/C18H15Cl2N5O3S/c1-23(9-12-4-3-5-13(19)16(12)20)17(26)11-6-7-15(14(8-11)25(27)28)29-18-22-21-10-24(18)2/h3-8,10H,9H2,1-2H3. The Labute approximate surface area is 180 Å². The molecule has 0 radical (unpaired) electrons. The van der Waals surface area contributed by atoms with Gasteiger partial charge in [-0.2, -0.15) is 0 Å². The van der Waals surface area contributed by atoms with Gasteiger partial charge in [-0.25, -0.2) is 0 Å². The number of halogens is 2. The van der Waals surface area contributed by atoms with Crippen LogP contribution < -0.4 is 0 Å². The Kier molecular flexibility index (Phi) is 6.41. The summed E-state index contributed by atoms with van der Waals surface area (Å²) in [4.78, 5) is 25.6. The molecule has 0 spiro atoms. The van der Waals surface area contributed by atoms with Crippen LogP contribution in [0.15, 0.2) is 52.8 Å². The maximum absolute atomic E-state index is 12.8. The van der Waals surface area contributed by atoms with Gasteiger partial charge in [0.15, 0.2) is 5.16 Å². The number of hydrogen-bond acceptors (Lipinski definition) is 6. The molecule has 0 saturated carbocycles. The Morgan fingerprint density at radius 1 is 1.31 bits per heavy atom. The highest BCUT2D eigenvalue weighted by Gasteiger charge is 2.22. The molecule has 0 aliphatic rings. The van der Waals surface area contributed by atoms with Crippen molar-refractivity contribution < 1.29 is 9.72 Å². The molecule has 0 aliphatic carbocycles. The van der Waals surface area contributed by atoms with Crippen molar-refractivity contribution in [1.29, 1.82) is 0 Å². The first kappa shape index (κ1) is 21.1. The number of amides is 1. The third-order valence-corrected chi connectivity index (χ3v) is 6.03. The zero-order valence-electron chi connectivity index (χ0n) is 15.4. The molecule has 8 nitrogen and oxygen atoms in total. The van der Waals surface area contributed by atoms with Gasteiger partial charge in [-0.3, -0.25) is 14.9 Å². The lowest BCUT2D eigenvalue weighted by molar-refractivity contribution is -0.387. The molecule has 3 aromatic rings. The van der Waals surface area contributed by atoms with Gasteiger partial charge in [-0.05, 0) is 35.5 Å². The van der Waals surface area contributed by atoms with Crippen LogP contribution in [-0.2, 0) is 13.6 Å². The van der Waals surface area contributed by atoms with E-state index in [1.165, 1.54) is 23.4 Å². The van der Waals surface area contributed by atoms with E-state index >= 15 is 0 Å². The fourth-order valence-electron chi connectivity index (χ4n) is 2.56. The molecule has 3 rings (SSSR count). The quantitative estimate of drug-likeness (QED) is 0.405. The zero-order chi connectivity index (χ0) is 21.1. The van der Waals surface area contributed by atoms with Crippen LogP contribution in [-0.4, -0.2) is 37.5 Å². The third-order valence-electron chi connectivity index (χ3n) is 4.06. The number of nitro benzene ring substituents is 1. The highest BCUT2D eigenvalue weighted by molar-refractivity contribution is 7.99. The van der Waals surface area contributed by atoms with Crippen LogP contribution in [0.2, 0.25) is 10.0 Å². The first-order chi connectivity index (χ1) is 13.8. The van der Waals surface area contributed by atoms with E-state index in [1.807, 2.05) is 0 Å². The summed E-state index contributed by atoms with van der Waals surface area (Å²) in [5.41, 5.74) is 0.691. The van der Waals surface area contributed by atoms with E-state index in [1.54, 1.807) is 42.9 Å². The van der Waals surface area contributed by atoms with Gasteiger partial charge >= 0.3 is 0 Å². The summed E-state index contributed by atoms with van der Waals surface area (Å²) in [5, 5.41) is 20.5. The minimum absolute atomic E-state index is 0.182. The fraction of sp³-hybridized carbons (Fsp3) is 0.167. The van der Waals surface area contributed by atoms with Gasteiger partial charge in [0, 0.05) is 32.3 Å². The summed E-state index contributed by atoms with van der Waals surface area (Å²) in [6.07, 6.45) is 1.50. The van der Waals surface area contributed by atoms with Crippen molar-refractivity contribution in [2.75, 3.05) is 7.05 Å². The second-order valence-electron chi connectivity index (χ2n) is 6.14. The summed E-state index contributed by atoms with van der Waals surface area (Å²) >= 11 is 13.3. The number of nitro groups is 1. The summed E-state index contributed by atoms with van der Waals surface area (Å²) in [6, 6.07) is 9.50. The molecule has 0 bridgehead atoms. The number of carbonyl (C=O) groups excluding carboxylic acids is 1. The maximum Gasteiger partial charge on any atom is 0.284 e. The van der Waals surface area contributed by atoms with Gasteiger partial charge in [0.05, 0.1) is 19.9 Å². The molecule has 11 heteroatoms. The minimum Gasteiger partial charge on any atom is -0.337 e. The molecule has 0 saturated heterocycles. The average molecular weight is 452 g/mol. The highest BCUT2D eigenvalue weighted by Crippen LogP contribution is 2.34. The van der Waals surface area contributed by atoms with E-state index in [9.17, 15) is 14.9 Å². The van der Waals surface area contributed by atoms with Crippen molar-refractivity contribution in [2.24, 2.45) is 7.05 Å². The first-order valence-corrected chi connectivity index (χ1v) is 9.83. The number of hydrogen-bond donors (Lipinski definition) is 0. The van der Waals surface area contributed by atoms with E-state index < -0.39 is 4.92 Å². The molecule has 2 aromatic carbocycles. The van der Waals surface area contributed by atoms with Crippen LogP contribution >= 0.6 is 35.0 Å². The summed E-state index contributed by atoms with van der Waals surface area (Å²) in [7, 11) is 3.33. The Morgan fingerprint density at radius 3 is 2.72 bits per heavy atom. The second-order valence-corrected chi connectivity index (χ2v) is 7.93.